The molecule has 0 spiro atoms. The highest BCUT2D eigenvalue weighted by atomic mass is 35.5. The summed E-state index contributed by atoms with van der Waals surface area (Å²) in [6.07, 6.45) is 0. The van der Waals surface area contributed by atoms with E-state index >= 15 is 0 Å². The van der Waals surface area contributed by atoms with Crippen LogP contribution >= 0.6 is 11.6 Å². The van der Waals surface area contributed by atoms with E-state index in [1.807, 2.05) is 7.05 Å². The summed E-state index contributed by atoms with van der Waals surface area (Å²) >= 11 is 6.03. The number of likely N-dealkylation sites (N-methyl/N-ethyl adjacent to an activating group) is 1. The van der Waals surface area contributed by atoms with Crippen molar-refractivity contribution in [3.63, 3.8) is 0 Å². The molecule has 1 aromatic carbocycles. The van der Waals surface area contributed by atoms with Gasteiger partial charge >= 0.3 is 0 Å². The lowest BCUT2D eigenvalue weighted by molar-refractivity contribution is -0.862. The van der Waals surface area contributed by atoms with Crippen molar-refractivity contribution in [3.8, 4) is 5.75 Å². The number of carbonyl (C=O) groups is 2. The van der Waals surface area contributed by atoms with Gasteiger partial charge in [0.1, 0.15) is 5.75 Å². The zero-order valence-corrected chi connectivity index (χ0v) is 14.7. The Morgan fingerprint density at radius 2 is 2.04 bits per heavy atom. The first-order valence-corrected chi connectivity index (χ1v) is 8.17. The van der Waals surface area contributed by atoms with E-state index in [0.29, 0.717) is 42.8 Å². The molecule has 2 N–H and O–H groups in total. The Labute approximate surface area is 146 Å². The molecule has 1 atom stereocenters. The van der Waals surface area contributed by atoms with Crippen LogP contribution in [0, 0.1) is 0 Å². The average molecular weight is 357 g/mol. The summed E-state index contributed by atoms with van der Waals surface area (Å²) in [5, 5.41) is 3.20. The summed E-state index contributed by atoms with van der Waals surface area (Å²) in [5.41, 5.74) is 0.595. The van der Waals surface area contributed by atoms with Gasteiger partial charge in [0, 0.05) is 18.8 Å². The van der Waals surface area contributed by atoms with Crippen LogP contribution in [0.3, 0.4) is 0 Å². The first kappa shape index (κ1) is 18.5. The number of quaternary nitrogens is 1. The summed E-state index contributed by atoms with van der Waals surface area (Å²) in [6, 6.07) is 5.04. The molecule has 0 bridgehead atoms. The van der Waals surface area contributed by atoms with Gasteiger partial charge in [0.2, 0.25) is 0 Å². The second-order valence-electron chi connectivity index (χ2n) is 5.70. The van der Waals surface area contributed by atoms with Crippen molar-refractivity contribution >= 4 is 29.1 Å². The molecule has 132 valence electrons. The molecule has 0 saturated carbocycles. The summed E-state index contributed by atoms with van der Waals surface area (Å²) in [6.45, 7) is 2.84. The van der Waals surface area contributed by atoms with Gasteiger partial charge in [-0.3, -0.25) is 9.59 Å². The van der Waals surface area contributed by atoms with Crippen molar-refractivity contribution < 1.29 is 24.0 Å². The first-order chi connectivity index (χ1) is 11.5. The van der Waals surface area contributed by atoms with Crippen molar-refractivity contribution in [3.05, 3.63) is 23.2 Å². The largest absolute Gasteiger partial charge is 0.495 e. The quantitative estimate of drug-likeness (QED) is 0.731. The molecule has 1 fully saturated rings. The van der Waals surface area contributed by atoms with Crippen LogP contribution in [0.4, 0.5) is 5.69 Å². The Kier molecular flexibility index (Phi) is 6.84. The second kappa shape index (κ2) is 8.86. The SMILES string of the molecule is COc1ccc(NC(=O)C[NH+](C)CC(=O)N2CCOCC2)cc1Cl. The van der Waals surface area contributed by atoms with Crippen LogP contribution in [0.2, 0.25) is 5.02 Å². The molecule has 1 heterocycles. The summed E-state index contributed by atoms with van der Waals surface area (Å²) < 4.78 is 10.3. The van der Waals surface area contributed by atoms with E-state index < -0.39 is 0 Å². The minimum absolute atomic E-state index is 0.0380. The fourth-order valence-corrected chi connectivity index (χ4v) is 2.73. The van der Waals surface area contributed by atoms with Gasteiger partial charge in [-0.1, -0.05) is 11.6 Å². The fraction of sp³-hybridized carbons (Fsp3) is 0.500. The number of morpholine rings is 1. The molecule has 1 aromatic rings. The number of amides is 2. The molecule has 0 aromatic heterocycles. The summed E-state index contributed by atoms with van der Waals surface area (Å²) in [7, 11) is 3.35. The van der Waals surface area contributed by atoms with Crippen molar-refractivity contribution in [1.29, 1.82) is 0 Å². The van der Waals surface area contributed by atoms with E-state index in [9.17, 15) is 9.59 Å². The Hall–Kier alpha value is -1.83. The average Bonchev–Trinajstić information content (AvgIpc) is 2.55. The highest BCUT2D eigenvalue weighted by Crippen LogP contribution is 2.26. The van der Waals surface area contributed by atoms with Gasteiger partial charge in [0.25, 0.3) is 11.8 Å². The fourth-order valence-electron chi connectivity index (χ4n) is 2.47. The Bertz CT molecular complexity index is 591. The van der Waals surface area contributed by atoms with Crippen LogP contribution in [0.5, 0.6) is 5.75 Å². The lowest BCUT2D eigenvalue weighted by atomic mass is 10.3. The topological polar surface area (TPSA) is 72.3 Å². The van der Waals surface area contributed by atoms with Crippen molar-refractivity contribution in [2.24, 2.45) is 0 Å². The number of nitrogens with zero attached hydrogens (tertiary/aromatic N) is 1. The standard InChI is InChI=1S/C16H22ClN3O4/c1-19(11-16(22)20-5-7-24-8-6-20)10-15(21)18-12-3-4-14(23-2)13(17)9-12/h3-4,9H,5-8,10-11H2,1-2H3,(H,18,21)/p+1. The zero-order valence-electron chi connectivity index (χ0n) is 13.9. The maximum Gasteiger partial charge on any atom is 0.279 e. The van der Waals surface area contributed by atoms with Crippen molar-refractivity contribution in [2.45, 2.75) is 0 Å². The van der Waals surface area contributed by atoms with Crippen LogP contribution in [-0.4, -0.2) is 70.3 Å². The predicted octanol–water partition coefficient (Wildman–Crippen LogP) is -0.339. The lowest BCUT2D eigenvalue weighted by Gasteiger charge is -2.27. The molecule has 2 rings (SSSR count). The maximum absolute atomic E-state index is 12.2. The zero-order chi connectivity index (χ0) is 17.5. The Balaban J connectivity index is 1.80. The van der Waals surface area contributed by atoms with Gasteiger partial charge in [0.15, 0.2) is 13.1 Å². The van der Waals surface area contributed by atoms with E-state index in [2.05, 4.69) is 5.32 Å². The number of ether oxygens (including phenoxy) is 2. The Morgan fingerprint density at radius 1 is 1.33 bits per heavy atom. The molecule has 0 aliphatic carbocycles. The van der Waals surface area contributed by atoms with Gasteiger partial charge in [-0.25, -0.2) is 0 Å². The molecule has 1 unspecified atom stereocenters. The number of hydrogen-bond acceptors (Lipinski definition) is 4. The third-order valence-electron chi connectivity index (χ3n) is 3.71. The molecule has 2 amide bonds. The predicted molar refractivity (Wildman–Crippen MR) is 90.7 cm³/mol. The molecule has 7 nitrogen and oxygen atoms in total. The molecule has 1 aliphatic heterocycles. The number of hydrogen-bond donors (Lipinski definition) is 2. The molecular formula is C16H23ClN3O4+. The number of methoxy groups -OCH3 is 1. The number of rotatable bonds is 6. The molecular weight excluding hydrogens is 334 g/mol. The summed E-state index contributed by atoms with van der Waals surface area (Å²) in [5.74, 6) is 0.410. The van der Waals surface area contributed by atoms with Crippen LogP contribution in [0.1, 0.15) is 0 Å². The van der Waals surface area contributed by atoms with E-state index in [1.54, 1.807) is 23.1 Å². The van der Waals surface area contributed by atoms with E-state index in [1.165, 1.54) is 7.11 Å². The third kappa shape index (κ3) is 5.36. The van der Waals surface area contributed by atoms with E-state index in [0.717, 1.165) is 4.90 Å². The Morgan fingerprint density at radius 3 is 2.67 bits per heavy atom. The van der Waals surface area contributed by atoms with Gasteiger partial charge in [-0.05, 0) is 18.2 Å². The number of nitrogens with one attached hydrogen (secondary N) is 2. The van der Waals surface area contributed by atoms with Crippen molar-refractivity contribution in [1.82, 2.24) is 4.90 Å². The van der Waals surface area contributed by atoms with Crippen LogP contribution in [0.15, 0.2) is 18.2 Å². The normalized spacial score (nSPS) is 15.7. The molecule has 1 aliphatic rings. The number of halogens is 1. The third-order valence-corrected chi connectivity index (χ3v) is 4.01. The van der Waals surface area contributed by atoms with E-state index in [-0.39, 0.29) is 24.9 Å². The highest BCUT2D eigenvalue weighted by molar-refractivity contribution is 6.32. The minimum atomic E-state index is -0.177. The summed E-state index contributed by atoms with van der Waals surface area (Å²) in [4.78, 5) is 26.8. The molecule has 1 saturated heterocycles. The first-order valence-electron chi connectivity index (χ1n) is 7.80. The van der Waals surface area contributed by atoms with Crippen molar-refractivity contribution in [2.75, 3.05) is 58.9 Å². The van der Waals surface area contributed by atoms with Crippen LogP contribution in [-0.2, 0) is 14.3 Å². The minimum Gasteiger partial charge on any atom is -0.495 e. The smallest absolute Gasteiger partial charge is 0.279 e. The van der Waals surface area contributed by atoms with Gasteiger partial charge in [-0.15, -0.1) is 0 Å². The highest BCUT2D eigenvalue weighted by Gasteiger charge is 2.21. The molecule has 24 heavy (non-hydrogen) atoms. The van der Waals surface area contributed by atoms with Gasteiger partial charge < -0.3 is 24.6 Å². The van der Waals surface area contributed by atoms with Crippen LogP contribution < -0.4 is 15.0 Å². The lowest BCUT2D eigenvalue weighted by Crippen LogP contribution is -3.11. The van der Waals surface area contributed by atoms with Crippen LogP contribution in [0.25, 0.3) is 0 Å². The number of anilines is 1. The number of carbonyl (C=O) groups excluding carboxylic acids is 2. The molecule has 0 radical (unpaired) electrons. The van der Waals surface area contributed by atoms with E-state index in [4.69, 9.17) is 21.1 Å². The maximum atomic E-state index is 12.2. The van der Waals surface area contributed by atoms with Gasteiger partial charge in [0.05, 0.1) is 32.4 Å². The second-order valence-corrected chi connectivity index (χ2v) is 6.11. The molecule has 8 heteroatoms. The monoisotopic (exact) mass is 356 g/mol. The number of benzene rings is 1. The van der Waals surface area contributed by atoms with Gasteiger partial charge in [-0.2, -0.15) is 0 Å².